The minimum absolute atomic E-state index is 0.285. The van der Waals surface area contributed by atoms with E-state index in [1.807, 2.05) is 12.1 Å². The van der Waals surface area contributed by atoms with Crippen molar-refractivity contribution >= 4 is 5.97 Å². The molecule has 3 aliphatic carbocycles. The lowest BCUT2D eigenvalue weighted by atomic mass is 10.0. The summed E-state index contributed by atoms with van der Waals surface area (Å²) in [6, 6.07) is 16.7. The maximum absolute atomic E-state index is 11.2. The second-order valence-corrected chi connectivity index (χ2v) is 5.83. The molecule has 1 aromatic carbocycles. The van der Waals surface area contributed by atoms with E-state index in [0.717, 1.165) is 6.42 Å². The largest absolute Gasteiger partial charge is 0.427 e. The monoisotopic (exact) mass is 288 g/mol. The van der Waals surface area contributed by atoms with Crippen LogP contribution in [0.3, 0.4) is 0 Å². The molecule has 2 heteroatoms. The van der Waals surface area contributed by atoms with Crippen molar-refractivity contribution in [1.29, 1.82) is 0 Å². The van der Waals surface area contributed by atoms with Crippen molar-refractivity contribution in [2.24, 2.45) is 0 Å². The number of hydrogen-bond acceptors (Lipinski definition) is 2. The van der Waals surface area contributed by atoms with Crippen LogP contribution in [0, 0.1) is 6.92 Å². The van der Waals surface area contributed by atoms with Crippen LogP contribution in [0.5, 0.6) is 5.75 Å². The van der Waals surface area contributed by atoms with Gasteiger partial charge in [0.25, 0.3) is 0 Å². The fourth-order valence-electron chi connectivity index (χ4n) is 3.42. The predicted molar refractivity (Wildman–Crippen MR) is 87.4 cm³/mol. The molecule has 1 aromatic rings. The number of carbonyl (C=O) groups is 1. The Balaban J connectivity index is 1.92. The Hall–Kier alpha value is -2.61. The molecule has 0 amide bonds. The number of rotatable bonds is 1. The average molecular weight is 288 g/mol. The molecule has 0 N–H and O–H groups in total. The van der Waals surface area contributed by atoms with Gasteiger partial charge >= 0.3 is 5.97 Å². The summed E-state index contributed by atoms with van der Waals surface area (Å²) in [5.41, 5.74) is 9.01. The van der Waals surface area contributed by atoms with Crippen LogP contribution in [0.4, 0.5) is 0 Å². The first kappa shape index (κ1) is 13.1. The van der Waals surface area contributed by atoms with Crippen molar-refractivity contribution in [2.75, 3.05) is 0 Å². The third kappa shape index (κ3) is 1.92. The maximum atomic E-state index is 11.2. The summed E-state index contributed by atoms with van der Waals surface area (Å²) < 4.78 is 5.23. The standard InChI is InChI=1S/C20H16O2/c1-12-17-5-3-4-14(17)7-9-18-19(12)10-15-6-8-16(11-20(15)18)22-13(2)21/h3-9,11H,10H2,1-2H3. The highest BCUT2D eigenvalue weighted by Gasteiger charge is 2.22. The van der Waals surface area contributed by atoms with Crippen molar-refractivity contribution in [3.63, 3.8) is 0 Å². The van der Waals surface area contributed by atoms with E-state index in [-0.39, 0.29) is 5.97 Å². The van der Waals surface area contributed by atoms with E-state index >= 15 is 0 Å². The van der Waals surface area contributed by atoms with Crippen LogP contribution in [0.15, 0.2) is 48.5 Å². The van der Waals surface area contributed by atoms with Gasteiger partial charge in [0, 0.05) is 6.92 Å². The third-order valence-electron chi connectivity index (χ3n) is 4.46. The molecule has 0 fully saturated rings. The lowest BCUT2D eigenvalue weighted by molar-refractivity contribution is -0.131. The van der Waals surface area contributed by atoms with Gasteiger partial charge in [-0.3, -0.25) is 4.79 Å². The summed E-state index contributed by atoms with van der Waals surface area (Å²) in [6.07, 6.45) is 0.936. The zero-order valence-electron chi connectivity index (χ0n) is 12.6. The van der Waals surface area contributed by atoms with Gasteiger partial charge in [-0.1, -0.05) is 36.4 Å². The molecule has 0 unspecified atom stereocenters. The van der Waals surface area contributed by atoms with Gasteiger partial charge in [-0.15, -0.1) is 0 Å². The fourth-order valence-corrected chi connectivity index (χ4v) is 3.42. The first-order chi connectivity index (χ1) is 10.6. The summed E-state index contributed by atoms with van der Waals surface area (Å²) in [5.74, 6) is 0.328. The maximum Gasteiger partial charge on any atom is 0.308 e. The van der Waals surface area contributed by atoms with E-state index in [0.29, 0.717) is 5.75 Å². The number of esters is 1. The van der Waals surface area contributed by atoms with Crippen LogP contribution >= 0.6 is 0 Å². The topological polar surface area (TPSA) is 26.3 Å². The van der Waals surface area contributed by atoms with E-state index in [1.165, 1.54) is 45.9 Å². The predicted octanol–water partition coefficient (Wildman–Crippen LogP) is 4.60. The van der Waals surface area contributed by atoms with E-state index in [1.54, 1.807) is 0 Å². The average Bonchev–Trinajstić information content (AvgIpc) is 3.05. The Morgan fingerprint density at radius 3 is 2.68 bits per heavy atom. The van der Waals surface area contributed by atoms with Crippen LogP contribution in [-0.4, -0.2) is 5.97 Å². The van der Waals surface area contributed by atoms with Crippen LogP contribution < -0.4 is 4.74 Å². The van der Waals surface area contributed by atoms with Crippen molar-refractivity contribution in [1.82, 2.24) is 0 Å². The van der Waals surface area contributed by atoms with Gasteiger partial charge in [-0.05, 0) is 64.4 Å². The van der Waals surface area contributed by atoms with Crippen LogP contribution in [0.2, 0.25) is 0 Å². The van der Waals surface area contributed by atoms with Gasteiger partial charge in [-0.2, -0.15) is 0 Å². The number of carbonyl (C=O) groups excluding carboxylic acids is 1. The molecule has 0 saturated carbocycles. The van der Waals surface area contributed by atoms with Crippen molar-refractivity contribution in [2.45, 2.75) is 20.3 Å². The molecule has 0 saturated heterocycles. The highest BCUT2D eigenvalue weighted by Crippen LogP contribution is 2.42. The van der Waals surface area contributed by atoms with Gasteiger partial charge in [0.05, 0.1) is 0 Å². The molecule has 0 radical (unpaired) electrons. The molecule has 0 aromatic heterocycles. The molecule has 0 bridgehead atoms. The number of hydrogen-bond donors (Lipinski definition) is 0. The van der Waals surface area contributed by atoms with Gasteiger partial charge in [-0.25, -0.2) is 0 Å². The Labute approximate surface area is 129 Å². The van der Waals surface area contributed by atoms with Gasteiger partial charge in [0.1, 0.15) is 5.75 Å². The second-order valence-electron chi connectivity index (χ2n) is 5.83. The lowest BCUT2D eigenvalue weighted by Gasteiger charge is -2.04. The molecule has 0 spiro atoms. The lowest BCUT2D eigenvalue weighted by Crippen LogP contribution is -2.01. The minimum Gasteiger partial charge on any atom is -0.427 e. The van der Waals surface area contributed by atoms with Gasteiger partial charge < -0.3 is 4.74 Å². The second kappa shape index (κ2) is 4.70. The van der Waals surface area contributed by atoms with Crippen molar-refractivity contribution < 1.29 is 9.53 Å². The van der Waals surface area contributed by atoms with Gasteiger partial charge in [0.15, 0.2) is 0 Å². The molecule has 22 heavy (non-hydrogen) atoms. The Bertz CT molecular complexity index is 877. The summed E-state index contributed by atoms with van der Waals surface area (Å²) in [4.78, 5) is 11.2. The molecular weight excluding hydrogens is 272 g/mol. The van der Waals surface area contributed by atoms with Crippen LogP contribution in [0.1, 0.15) is 23.6 Å². The zero-order valence-corrected chi connectivity index (χ0v) is 12.6. The van der Waals surface area contributed by atoms with Crippen LogP contribution in [-0.2, 0) is 11.2 Å². The number of ether oxygens (including phenoxy) is 1. The van der Waals surface area contributed by atoms with Crippen LogP contribution in [0.25, 0.3) is 22.3 Å². The summed E-state index contributed by atoms with van der Waals surface area (Å²) in [7, 11) is 0. The van der Waals surface area contributed by atoms with Gasteiger partial charge in [0.2, 0.25) is 0 Å². The fraction of sp³-hybridized carbons (Fsp3) is 0.150. The molecule has 4 rings (SSSR count). The summed E-state index contributed by atoms with van der Waals surface area (Å²) in [5, 5.41) is 0. The smallest absolute Gasteiger partial charge is 0.308 e. The van der Waals surface area contributed by atoms with Crippen molar-refractivity contribution in [3.05, 3.63) is 65.2 Å². The quantitative estimate of drug-likeness (QED) is 0.378. The normalized spacial score (nSPS) is 12.1. The molecule has 108 valence electrons. The SMILES string of the molecule is CC(=O)Oc1ccc2c(c1)-c1ccc3cccc-3c(C)c1C2. The molecule has 0 aliphatic heterocycles. The molecule has 0 atom stereocenters. The van der Waals surface area contributed by atoms with E-state index in [2.05, 4.69) is 43.3 Å². The highest BCUT2D eigenvalue weighted by atomic mass is 16.5. The minimum atomic E-state index is -0.285. The molecule has 2 nitrogen and oxygen atoms in total. The molecule has 3 aliphatic rings. The first-order valence-corrected chi connectivity index (χ1v) is 7.46. The third-order valence-corrected chi connectivity index (χ3v) is 4.46. The van der Waals surface area contributed by atoms with E-state index in [9.17, 15) is 4.79 Å². The first-order valence-electron chi connectivity index (χ1n) is 7.46. The van der Waals surface area contributed by atoms with E-state index < -0.39 is 0 Å². The number of fused-ring (bicyclic) bond motifs is 4. The highest BCUT2D eigenvalue weighted by molar-refractivity contribution is 5.84. The Morgan fingerprint density at radius 2 is 1.86 bits per heavy atom. The summed E-state index contributed by atoms with van der Waals surface area (Å²) in [6.45, 7) is 3.62. The molecular formula is C20H16O2. The zero-order chi connectivity index (χ0) is 15.3. The number of benzene rings is 1. The Morgan fingerprint density at radius 1 is 1.00 bits per heavy atom. The Kier molecular flexibility index (Phi) is 2.80. The molecule has 0 heterocycles. The van der Waals surface area contributed by atoms with Crippen molar-refractivity contribution in [3.8, 4) is 28.0 Å². The van der Waals surface area contributed by atoms with E-state index in [4.69, 9.17) is 4.74 Å². The summed E-state index contributed by atoms with van der Waals surface area (Å²) >= 11 is 0.